The van der Waals surface area contributed by atoms with Crippen LogP contribution >= 0.6 is 15.9 Å². The molecule has 0 aromatic heterocycles. The number of aliphatic hydroxyl groups is 1. The molecule has 2 aromatic carbocycles. The average molecular weight is 313 g/mol. The quantitative estimate of drug-likeness (QED) is 0.908. The van der Waals surface area contributed by atoms with E-state index in [-0.39, 0.29) is 12.0 Å². The van der Waals surface area contributed by atoms with E-state index in [2.05, 4.69) is 15.9 Å². The third-order valence-electron chi connectivity index (χ3n) is 2.68. The highest BCUT2D eigenvalue weighted by atomic mass is 79.9. The van der Waals surface area contributed by atoms with E-state index in [1.165, 1.54) is 0 Å². The van der Waals surface area contributed by atoms with Gasteiger partial charge in [-0.25, -0.2) is 8.78 Å². The molecule has 0 amide bonds. The molecule has 4 heteroatoms. The van der Waals surface area contributed by atoms with Crippen LogP contribution in [0.25, 0.3) is 0 Å². The van der Waals surface area contributed by atoms with Crippen LogP contribution in [0.15, 0.2) is 46.9 Å². The van der Waals surface area contributed by atoms with Gasteiger partial charge in [0.25, 0.3) is 0 Å². The largest absolute Gasteiger partial charge is 0.388 e. The van der Waals surface area contributed by atoms with Crippen LogP contribution in [0, 0.1) is 11.6 Å². The lowest BCUT2D eigenvalue weighted by atomic mass is 10.0. The van der Waals surface area contributed by atoms with Gasteiger partial charge in [0, 0.05) is 10.9 Å². The number of rotatable bonds is 3. The van der Waals surface area contributed by atoms with Crippen LogP contribution in [-0.4, -0.2) is 5.11 Å². The van der Waals surface area contributed by atoms with E-state index in [9.17, 15) is 13.9 Å². The fourth-order valence-corrected chi connectivity index (χ4v) is 1.98. The fourth-order valence-electron chi connectivity index (χ4n) is 1.71. The third kappa shape index (κ3) is 3.15. The first-order valence-electron chi connectivity index (χ1n) is 5.44. The molecule has 0 radical (unpaired) electrons. The lowest BCUT2D eigenvalue weighted by molar-refractivity contribution is 0.177. The van der Waals surface area contributed by atoms with E-state index in [4.69, 9.17) is 0 Å². The Morgan fingerprint density at radius 2 is 1.72 bits per heavy atom. The maximum absolute atomic E-state index is 13.4. The maximum atomic E-state index is 13.4. The Hall–Kier alpha value is -1.26. The Kier molecular flexibility index (Phi) is 4.09. The van der Waals surface area contributed by atoms with Crippen molar-refractivity contribution in [1.29, 1.82) is 0 Å². The highest BCUT2D eigenvalue weighted by Crippen LogP contribution is 2.22. The summed E-state index contributed by atoms with van der Waals surface area (Å²) in [5, 5.41) is 9.98. The Morgan fingerprint density at radius 3 is 2.39 bits per heavy atom. The normalized spacial score (nSPS) is 12.4. The monoisotopic (exact) mass is 312 g/mol. The van der Waals surface area contributed by atoms with Crippen LogP contribution < -0.4 is 0 Å². The van der Waals surface area contributed by atoms with Crippen LogP contribution in [0.1, 0.15) is 17.2 Å². The van der Waals surface area contributed by atoms with Gasteiger partial charge in [0.2, 0.25) is 0 Å². The Balaban J connectivity index is 2.18. The molecule has 0 bridgehead atoms. The zero-order valence-corrected chi connectivity index (χ0v) is 11.0. The number of hydrogen-bond acceptors (Lipinski definition) is 1. The molecule has 0 spiro atoms. The van der Waals surface area contributed by atoms with Gasteiger partial charge >= 0.3 is 0 Å². The number of benzene rings is 2. The van der Waals surface area contributed by atoms with Crippen molar-refractivity contribution in [3.8, 4) is 0 Å². The van der Waals surface area contributed by atoms with Crippen molar-refractivity contribution >= 4 is 15.9 Å². The van der Waals surface area contributed by atoms with Gasteiger partial charge in [-0.1, -0.05) is 28.1 Å². The summed E-state index contributed by atoms with van der Waals surface area (Å²) in [6, 6.07) is 10.3. The summed E-state index contributed by atoms with van der Waals surface area (Å²) in [6.45, 7) is 0. The zero-order chi connectivity index (χ0) is 13.1. The summed E-state index contributed by atoms with van der Waals surface area (Å²) in [4.78, 5) is 0. The minimum absolute atomic E-state index is 0.0469. The van der Waals surface area contributed by atoms with E-state index >= 15 is 0 Å². The molecule has 1 nitrogen and oxygen atoms in total. The SMILES string of the molecule is OC(Cc1cc(F)ccc1F)c1ccc(Br)cc1. The molecule has 2 aromatic rings. The molecule has 1 N–H and O–H groups in total. The second-order valence-electron chi connectivity index (χ2n) is 4.01. The van der Waals surface area contributed by atoms with Crippen LogP contribution in [0.4, 0.5) is 8.78 Å². The molecule has 0 aliphatic rings. The fraction of sp³-hybridized carbons (Fsp3) is 0.143. The second kappa shape index (κ2) is 5.59. The van der Waals surface area contributed by atoms with Crippen molar-refractivity contribution in [2.24, 2.45) is 0 Å². The molecular weight excluding hydrogens is 302 g/mol. The summed E-state index contributed by atoms with van der Waals surface area (Å²) < 4.78 is 27.3. The summed E-state index contributed by atoms with van der Waals surface area (Å²) in [5.41, 5.74) is 0.840. The highest BCUT2D eigenvalue weighted by molar-refractivity contribution is 9.10. The molecule has 1 unspecified atom stereocenters. The van der Waals surface area contributed by atoms with Gasteiger partial charge < -0.3 is 5.11 Å². The zero-order valence-electron chi connectivity index (χ0n) is 9.41. The first-order chi connectivity index (χ1) is 8.56. The minimum Gasteiger partial charge on any atom is -0.388 e. The Bertz CT molecular complexity index is 540. The van der Waals surface area contributed by atoms with Crippen molar-refractivity contribution in [3.05, 3.63) is 69.7 Å². The standard InChI is InChI=1S/C14H11BrF2O/c15-11-3-1-9(2-4-11)14(18)8-10-7-12(16)5-6-13(10)17/h1-7,14,18H,8H2. The third-order valence-corrected chi connectivity index (χ3v) is 3.20. The van der Waals surface area contributed by atoms with Gasteiger partial charge in [0.05, 0.1) is 6.10 Å². The van der Waals surface area contributed by atoms with Crippen molar-refractivity contribution in [1.82, 2.24) is 0 Å². The average Bonchev–Trinajstić information content (AvgIpc) is 2.34. The maximum Gasteiger partial charge on any atom is 0.126 e. The van der Waals surface area contributed by atoms with Gasteiger partial charge in [0.15, 0.2) is 0 Å². The molecule has 0 saturated heterocycles. The lowest BCUT2D eigenvalue weighted by Gasteiger charge is -2.12. The molecule has 18 heavy (non-hydrogen) atoms. The molecule has 0 aliphatic carbocycles. The predicted molar refractivity (Wildman–Crippen MR) is 69.2 cm³/mol. The topological polar surface area (TPSA) is 20.2 Å². The highest BCUT2D eigenvalue weighted by Gasteiger charge is 2.12. The summed E-state index contributed by atoms with van der Waals surface area (Å²) in [6.07, 6.45) is -0.806. The summed E-state index contributed by atoms with van der Waals surface area (Å²) in [5.74, 6) is -1.01. The van der Waals surface area contributed by atoms with Crippen LogP contribution in [0.2, 0.25) is 0 Å². The molecule has 0 aliphatic heterocycles. The molecule has 2 rings (SSSR count). The van der Waals surface area contributed by atoms with Gasteiger partial charge in [-0.15, -0.1) is 0 Å². The first kappa shape index (κ1) is 13.2. The van der Waals surface area contributed by atoms with Crippen LogP contribution in [0.5, 0.6) is 0 Å². The van der Waals surface area contributed by atoms with E-state index in [1.807, 2.05) is 0 Å². The van der Waals surface area contributed by atoms with Crippen molar-refractivity contribution in [2.45, 2.75) is 12.5 Å². The summed E-state index contributed by atoms with van der Waals surface area (Å²) in [7, 11) is 0. The lowest BCUT2D eigenvalue weighted by Crippen LogP contribution is -2.04. The molecule has 0 fully saturated rings. The Labute approximate surface area is 112 Å². The first-order valence-corrected chi connectivity index (χ1v) is 6.23. The van der Waals surface area contributed by atoms with E-state index in [0.29, 0.717) is 5.56 Å². The van der Waals surface area contributed by atoms with E-state index in [1.54, 1.807) is 24.3 Å². The predicted octanol–water partition coefficient (Wildman–Crippen LogP) is 4.00. The molecule has 0 heterocycles. The van der Waals surface area contributed by atoms with Gasteiger partial charge in [-0.2, -0.15) is 0 Å². The molecule has 0 saturated carbocycles. The van der Waals surface area contributed by atoms with Gasteiger partial charge in [0.1, 0.15) is 11.6 Å². The second-order valence-corrected chi connectivity index (χ2v) is 4.92. The Morgan fingerprint density at radius 1 is 1.06 bits per heavy atom. The smallest absolute Gasteiger partial charge is 0.126 e. The van der Waals surface area contributed by atoms with Gasteiger partial charge in [-0.05, 0) is 41.5 Å². The van der Waals surface area contributed by atoms with Crippen LogP contribution in [-0.2, 0) is 6.42 Å². The van der Waals surface area contributed by atoms with Gasteiger partial charge in [-0.3, -0.25) is 0 Å². The van der Waals surface area contributed by atoms with E-state index in [0.717, 1.165) is 22.7 Å². The van der Waals surface area contributed by atoms with E-state index < -0.39 is 17.7 Å². The minimum atomic E-state index is -0.852. The van der Waals surface area contributed by atoms with Crippen molar-refractivity contribution < 1.29 is 13.9 Å². The summed E-state index contributed by atoms with van der Waals surface area (Å²) >= 11 is 3.29. The molecule has 94 valence electrons. The number of hydrogen-bond donors (Lipinski definition) is 1. The number of aliphatic hydroxyl groups excluding tert-OH is 1. The molecular formula is C14H11BrF2O. The molecule has 1 atom stereocenters. The number of halogens is 3. The van der Waals surface area contributed by atoms with Crippen molar-refractivity contribution in [3.63, 3.8) is 0 Å². The van der Waals surface area contributed by atoms with Crippen LogP contribution in [0.3, 0.4) is 0 Å². The van der Waals surface area contributed by atoms with Crippen molar-refractivity contribution in [2.75, 3.05) is 0 Å².